The molecule has 1 fully saturated rings. The van der Waals surface area contributed by atoms with Crippen molar-refractivity contribution in [1.82, 2.24) is 19.9 Å². The van der Waals surface area contributed by atoms with Gasteiger partial charge in [0.2, 0.25) is 5.91 Å². The van der Waals surface area contributed by atoms with E-state index in [4.69, 9.17) is 14.6 Å². The number of fused-ring (bicyclic) bond motifs is 1. The lowest BCUT2D eigenvalue weighted by atomic mass is 9.97. The maximum Gasteiger partial charge on any atom is 0.225 e. The Kier molecular flexibility index (Phi) is 6.52. The molecule has 1 unspecified atom stereocenters. The van der Waals surface area contributed by atoms with E-state index >= 15 is 0 Å². The SMILES string of the molecule is COc1cccc(CNC(=O)C2CCCN(c3nccn4nc(-c5cccc(OC)c5)cc34)C2)c1. The Morgan fingerprint density at radius 1 is 1.09 bits per heavy atom. The number of piperidine rings is 1. The third-order valence-corrected chi connectivity index (χ3v) is 6.43. The van der Waals surface area contributed by atoms with Crippen molar-refractivity contribution in [3.05, 3.63) is 72.6 Å². The van der Waals surface area contributed by atoms with Crippen molar-refractivity contribution in [3.63, 3.8) is 0 Å². The van der Waals surface area contributed by atoms with Gasteiger partial charge in [0.25, 0.3) is 0 Å². The summed E-state index contributed by atoms with van der Waals surface area (Å²) in [5.74, 6) is 2.39. The Labute approximate surface area is 204 Å². The van der Waals surface area contributed by atoms with E-state index in [2.05, 4.69) is 15.2 Å². The van der Waals surface area contributed by atoms with E-state index in [1.165, 1.54) is 0 Å². The number of ether oxygens (including phenoxy) is 2. The molecule has 0 bridgehead atoms. The topological polar surface area (TPSA) is 81.0 Å². The summed E-state index contributed by atoms with van der Waals surface area (Å²) in [5, 5.41) is 7.84. The maximum absolute atomic E-state index is 13.0. The first-order valence-corrected chi connectivity index (χ1v) is 11.8. The number of carbonyl (C=O) groups excluding carboxylic acids is 1. The zero-order chi connectivity index (χ0) is 24.2. The second-order valence-corrected chi connectivity index (χ2v) is 8.70. The molecule has 2 aromatic carbocycles. The first kappa shape index (κ1) is 22.7. The Balaban J connectivity index is 1.32. The monoisotopic (exact) mass is 471 g/mol. The number of amides is 1. The van der Waals surface area contributed by atoms with E-state index in [1.807, 2.05) is 65.3 Å². The molecule has 5 rings (SSSR count). The zero-order valence-electron chi connectivity index (χ0n) is 20.0. The van der Waals surface area contributed by atoms with Gasteiger partial charge in [-0.2, -0.15) is 5.10 Å². The number of rotatable bonds is 7. The molecule has 1 aliphatic rings. The number of nitrogens with one attached hydrogen (secondary N) is 1. The van der Waals surface area contributed by atoms with Gasteiger partial charge in [-0.05, 0) is 48.7 Å². The molecule has 8 nitrogen and oxygen atoms in total. The minimum Gasteiger partial charge on any atom is -0.497 e. The normalized spacial score (nSPS) is 15.7. The van der Waals surface area contributed by atoms with Crippen LogP contribution < -0.4 is 19.7 Å². The third-order valence-electron chi connectivity index (χ3n) is 6.43. The smallest absolute Gasteiger partial charge is 0.225 e. The van der Waals surface area contributed by atoms with Gasteiger partial charge in [0.15, 0.2) is 5.82 Å². The summed E-state index contributed by atoms with van der Waals surface area (Å²) in [6.07, 6.45) is 5.40. The van der Waals surface area contributed by atoms with Crippen LogP contribution in [0.4, 0.5) is 5.82 Å². The molecule has 180 valence electrons. The van der Waals surface area contributed by atoms with Crippen LogP contribution in [0.25, 0.3) is 16.8 Å². The Morgan fingerprint density at radius 3 is 2.71 bits per heavy atom. The van der Waals surface area contributed by atoms with Crippen LogP contribution >= 0.6 is 0 Å². The van der Waals surface area contributed by atoms with Crippen molar-refractivity contribution in [1.29, 1.82) is 0 Å². The number of anilines is 1. The molecule has 1 saturated heterocycles. The van der Waals surface area contributed by atoms with Crippen molar-refractivity contribution in [2.45, 2.75) is 19.4 Å². The molecular formula is C27H29N5O3. The molecule has 0 radical (unpaired) electrons. The summed E-state index contributed by atoms with van der Waals surface area (Å²) < 4.78 is 12.5. The molecule has 0 saturated carbocycles. The highest BCUT2D eigenvalue weighted by atomic mass is 16.5. The summed E-state index contributed by atoms with van der Waals surface area (Å²) in [6.45, 7) is 1.95. The zero-order valence-corrected chi connectivity index (χ0v) is 20.0. The van der Waals surface area contributed by atoms with Crippen LogP contribution in [0.15, 0.2) is 67.0 Å². The average molecular weight is 472 g/mol. The number of benzene rings is 2. The largest absolute Gasteiger partial charge is 0.497 e. The van der Waals surface area contributed by atoms with Gasteiger partial charge in [0.05, 0.1) is 25.8 Å². The fourth-order valence-electron chi connectivity index (χ4n) is 4.57. The lowest BCUT2D eigenvalue weighted by Crippen LogP contribution is -2.43. The number of hydrogen-bond acceptors (Lipinski definition) is 6. The molecule has 1 N–H and O–H groups in total. The van der Waals surface area contributed by atoms with Gasteiger partial charge < -0.3 is 19.7 Å². The number of nitrogens with zero attached hydrogens (tertiary/aromatic N) is 4. The van der Waals surface area contributed by atoms with E-state index in [0.717, 1.165) is 59.0 Å². The van der Waals surface area contributed by atoms with Crippen LogP contribution in [0, 0.1) is 5.92 Å². The maximum atomic E-state index is 13.0. The first-order valence-electron chi connectivity index (χ1n) is 11.8. The van der Waals surface area contributed by atoms with Gasteiger partial charge in [-0.3, -0.25) is 4.79 Å². The molecule has 2 aromatic heterocycles. The molecule has 1 atom stereocenters. The fraction of sp³-hybridized carbons (Fsp3) is 0.296. The van der Waals surface area contributed by atoms with Crippen LogP contribution in [0.2, 0.25) is 0 Å². The van der Waals surface area contributed by atoms with Gasteiger partial charge in [-0.25, -0.2) is 9.50 Å². The summed E-state index contributed by atoms with van der Waals surface area (Å²) in [7, 11) is 3.30. The second kappa shape index (κ2) is 10.0. The Bertz CT molecular complexity index is 1340. The number of hydrogen-bond donors (Lipinski definition) is 1. The van der Waals surface area contributed by atoms with Crippen LogP contribution in [-0.4, -0.2) is 47.8 Å². The first-order chi connectivity index (χ1) is 17.1. The molecule has 35 heavy (non-hydrogen) atoms. The van der Waals surface area contributed by atoms with Gasteiger partial charge in [0.1, 0.15) is 17.0 Å². The minimum absolute atomic E-state index is 0.0649. The number of carbonyl (C=O) groups is 1. The minimum atomic E-state index is -0.0998. The Hall–Kier alpha value is -4.07. The predicted octanol–water partition coefficient (Wildman–Crippen LogP) is 3.95. The highest BCUT2D eigenvalue weighted by molar-refractivity contribution is 5.81. The number of aromatic nitrogens is 3. The predicted molar refractivity (Wildman–Crippen MR) is 135 cm³/mol. The highest BCUT2D eigenvalue weighted by Gasteiger charge is 2.27. The average Bonchev–Trinajstić information content (AvgIpc) is 3.36. The molecule has 0 spiro atoms. The molecule has 4 aromatic rings. The van der Waals surface area contributed by atoms with Gasteiger partial charge in [-0.15, -0.1) is 0 Å². The van der Waals surface area contributed by atoms with Crippen LogP contribution in [-0.2, 0) is 11.3 Å². The van der Waals surface area contributed by atoms with Gasteiger partial charge >= 0.3 is 0 Å². The molecule has 0 aliphatic carbocycles. The van der Waals surface area contributed by atoms with Crippen molar-refractivity contribution >= 4 is 17.2 Å². The highest BCUT2D eigenvalue weighted by Crippen LogP contribution is 2.29. The third kappa shape index (κ3) is 4.91. The van der Waals surface area contributed by atoms with Gasteiger partial charge in [0, 0.05) is 37.6 Å². The summed E-state index contributed by atoms with van der Waals surface area (Å²) in [5.41, 5.74) is 3.76. The van der Waals surface area contributed by atoms with E-state index in [0.29, 0.717) is 13.1 Å². The van der Waals surface area contributed by atoms with E-state index in [-0.39, 0.29) is 11.8 Å². The fourth-order valence-corrected chi connectivity index (χ4v) is 4.57. The molecule has 1 aliphatic heterocycles. The van der Waals surface area contributed by atoms with E-state index in [1.54, 1.807) is 20.4 Å². The van der Waals surface area contributed by atoms with E-state index < -0.39 is 0 Å². The number of methoxy groups -OCH3 is 2. The molecule has 1 amide bonds. The molecule has 8 heteroatoms. The molecule has 3 heterocycles. The summed E-state index contributed by atoms with van der Waals surface area (Å²) in [4.78, 5) is 19.9. The van der Waals surface area contributed by atoms with Crippen LogP contribution in [0.1, 0.15) is 18.4 Å². The second-order valence-electron chi connectivity index (χ2n) is 8.70. The summed E-state index contributed by atoms with van der Waals surface area (Å²) in [6, 6.07) is 17.7. The summed E-state index contributed by atoms with van der Waals surface area (Å²) >= 11 is 0. The van der Waals surface area contributed by atoms with Crippen LogP contribution in [0.5, 0.6) is 11.5 Å². The van der Waals surface area contributed by atoms with Crippen molar-refractivity contribution in [2.75, 3.05) is 32.2 Å². The molecular weight excluding hydrogens is 442 g/mol. The lowest BCUT2D eigenvalue weighted by molar-refractivity contribution is -0.125. The van der Waals surface area contributed by atoms with Crippen molar-refractivity contribution in [2.24, 2.45) is 5.92 Å². The Morgan fingerprint density at radius 2 is 1.89 bits per heavy atom. The van der Waals surface area contributed by atoms with Crippen molar-refractivity contribution in [3.8, 4) is 22.8 Å². The van der Waals surface area contributed by atoms with Crippen molar-refractivity contribution < 1.29 is 14.3 Å². The van der Waals surface area contributed by atoms with Crippen LogP contribution in [0.3, 0.4) is 0 Å². The lowest BCUT2D eigenvalue weighted by Gasteiger charge is -2.33. The van der Waals surface area contributed by atoms with Gasteiger partial charge in [-0.1, -0.05) is 24.3 Å². The standard InChI is InChI=1S/C27H29N5O3/c1-34-22-9-3-6-19(14-22)17-29-27(33)21-8-5-12-31(18-21)26-25-16-24(30-32(25)13-11-28-26)20-7-4-10-23(15-20)35-2/h3-4,6-7,9-11,13-16,21H,5,8,12,17-18H2,1-2H3,(H,29,33). The quantitative estimate of drug-likeness (QED) is 0.440. The van der Waals surface area contributed by atoms with E-state index in [9.17, 15) is 4.79 Å².